The molecule has 1 amide bonds. The molecule has 9 heteroatoms. The van der Waals surface area contributed by atoms with Crippen molar-refractivity contribution in [2.45, 2.75) is 13.0 Å². The average molecular weight is 437 g/mol. The number of aliphatic hydroxyl groups is 1. The van der Waals surface area contributed by atoms with Crippen LogP contribution in [-0.4, -0.2) is 41.2 Å². The van der Waals surface area contributed by atoms with Gasteiger partial charge in [-0.05, 0) is 24.6 Å². The van der Waals surface area contributed by atoms with Gasteiger partial charge in [0.15, 0.2) is 11.5 Å². The lowest BCUT2D eigenvalue weighted by Crippen LogP contribution is -2.29. The number of ether oxygens (including phenoxy) is 2. The van der Waals surface area contributed by atoms with Crippen molar-refractivity contribution in [2.24, 2.45) is 0 Å². The summed E-state index contributed by atoms with van der Waals surface area (Å²) in [4.78, 5) is 27.3. The van der Waals surface area contributed by atoms with E-state index < -0.39 is 17.7 Å². The zero-order valence-electron chi connectivity index (χ0n) is 17.0. The van der Waals surface area contributed by atoms with Crippen LogP contribution >= 0.6 is 11.3 Å². The van der Waals surface area contributed by atoms with E-state index in [9.17, 15) is 14.7 Å². The molecule has 2 heterocycles. The summed E-state index contributed by atoms with van der Waals surface area (Å²) in [5.41, 5.74) is 3.44. The first-order valence-electron chi connectivity index (χ1n) is 9.32. The van der Waals surface area contributed by atoms with Crippen LogP contribution in [0.15, 0.2) is 53.5 Å². The Labute approximate surface area is 182 Å². The fraction of sp³-hybridized carbons (Fsp3) is 0.182. The summed E-state index contributed by atoms with van der Waals surface area (Å²) in [5.74, 6) is -0.917. The lowest BCUT2D eigenvalue weighted by atomic mass is 9.95. The Morgan fingerprint density at radius 3 is 2.39 bits per heavy atom. The Bertz CT molecular complexity index is 1170. The monoisotopic (exact) mass is 437 g/mol. The van der Waals surface area contributed by atoms with Crippen molar-refractivity contribution in [3.05, 3.63) is 70.2 Å². The number of aliphatic hydroxyl groups excluding tert-OH is 1. The number of aryl methyl sites for hydroxylation is 1. The van der Waals surface area contributed by atoms with Gasteiger partial charge >= 0.3 is 5.91 Å². The first-order chi connectivity index (χ1) is 15.0. The predicted molar refractivity (Wildman–Crippen MR) is 115 cm³/mol. The number of carbonyl (C=O) groups excluding carboxylic acids is 2. The van der Waals surface area contributed by atoms with Crippen molar-refractivity contribution in [1.82, 2.24) is 10.2 Å². The number of rotatable bonds is 5. The van der Waals surface area contributed by atoms with E-state index in [2.05, 4.69) is 10.2 Å². The molecule has 4 rings (SSSR count). The molecule has 1 saturated heterocycles. The molecule has 158 valence electrons. The topological polar surface area (TPSA) is 102 Å². The maximum Gasteiger partial charge on any atom is 0.301 e. The van der Waals surface area contributed by atoms with E-state index in [0.29, 0.717) is 22.6 Å². The van der Waals surface area contributed by atoms with E-state index >= 15 is 0 Å². The third-order valence-corrected chi connectivity index (χ3v) is 5.74. The summed E-state index contributed by atoms with van der Waals surface area (Å²) in [5, 5.41) is 19.1. The van der Waals surface area contributed by atoms with Gasteiger partial charge in [0, 0.05) is 5.56 Å². The minimum atomic E-state index is -0.908. The molecule has 1 aliphatic heterocycles. The number of Topliss-reactive ketones (excluding diaryl/α,β-unsaturated/α-hetero) is 1. The highest BCUT2D eigenvalue weighted by Gasteiger charge is 2.48. The van der Waals surface area contributed by atoms with Crippen LogP contribution in [0.1, 0.15) is 22.7 Å². The summed E-state index contributed by atoms with van der Waals surface area (Å²) in [6, 6.07) is 11.2. The van der Waals surface area contributed by atoms with Crippen LogP contribution in [0.5, 0.6) is 11.5 Å². The minimum absolute atomic E-state index is 0.0312. The van der Waals surface area contributed by atoms with E-state index in [1.807, 2.05) is 19.1 Å². The summed E-state index contributed by atoms with van der Waals surface area (Å²) in [6.07, 6.45) is 0. The fourth-order valence-electron chi connectivity index (χ4n) is 3.51. The van der Waals surface area contributed by atoms with E-state index in [0.717, 1.165) is 16.9 Å². The maximum absolute atomic E-state index is 13.0. The molecule has 8 nitrogen and oxygen atoms in total. The SMILES string of the molecule is COc1ccc([C@H]2/C(=C(\O)c3ccc(C)cc3)C(=O)C(=O)N2c2nncs2)cc1OC. The zero-order valence-corrected chi connectivity index (χ0v) is 17.8. The third kappa shape index (κ3) is 3.53. The van der Waals surface area contributed by atoms with Gasteiger partial charge in [-0.1, -0.05) is 47.2 Å². The number of hydrogen-bond acceptors (Lipinski definition) is 8. The van der Waals surface area contributed by atoms with Gasteiger partial charge in [0.1, 0.15) is 11.3 Å². The van der Waals surface area contributed by atoms with Crippen LogP contribution in [0.25, 0.3) is 5.76 Å². The van der Waals surface area contributed by atoms with Crippen LogP contribution in [-0.2, 0) is 9.59 Å². The molecule has 0 aliphatic carbocycles. The second kappa shape index (κ2) is 8.19. The summed E-state index contributed by atoms with van der Waals surface area (Å²) >= 11 is 1.12. The van der Waals surface area contributed by atoms with Crippen molar-refractivity contribution in [3.63, 3.8) is 0 Å². The number of nitrogens with zero attached hydrogens (tertiary/aromatic N) is 3. The van der Waals surface area contributed by atoms with Gasteiger partial charge in [-0.3, -0.25) is 14.5 Å². The largest absolute Gasteiger partial charge is 0.507 e. The molecule has 3 aromatic rings. The number of amides is 1. The van der Waals surface area contributed by atoms with Gasteiger partial charge in [0.25, 0.3) is 5.78 Å². The molecular formula is C22H19N3O5S. The highest BCUT2D eigenvalue weighted by molar-refractivity contribution is 7.13. The quantitative estimate of drug-likeness (QED) is 0.370. The fourth-order valence-corrected chi connectivity index (χ4v) is 4.09. The van der Waals surface area contributed by atoms with Gasteiger partial charge < -0.3 is 14.6 Å². The van der Waals surface area contributed by atoms with Crippen LogP contribution in [0.2, 0.25) is 0 Å². The van der Waals surface area contributed by atoms with Crippen LogP contribution in [0.4, 0.5) is 5.13 Å². The summed E-state index contributed by atoms with van der Waals surface area (Å²) in [6.45, 7) is 1.92. The van der Waals surface area contributed by atoms with Gasteiger partial charge in [0.05, 0.1) is 25.8 Å². The van der Waals surface area contributed by atoms with E-state index in [1.54, 1.807) is 30.3 Å². The molecular weight excluding hydrogens is 418 g/mol. The molecule has 1 aliphatic rings. The lowest BCUT2D eigenvalue weighted by molar-refractivity contribution is -0.132. The van der Waals surface area contributed by atoms with Crippen molar-refractivity contribution in [3.8, 4) is 11.5 Å². The number of hydrogen-bond donors (Lipinski definition) is 1. The number of carbonyl (C=O) groups is 2. The Hall–Kier alpha value is -3.72. The standard InChI is InChI=1S/C22H19N3O5S/c1-12-4-6-13(7-5-12)19(26)17-18(14-8-9-15(29-2)16(10-14)30-3)25(21(28)20(17)27)22-24-23-11-31-22/h4-11,18,26H,1-3H3/b19-17+/t18-/m0/s1. The lowest BCUT2D eigenvalue weighted by Gasteiger charge is -2.23. The Morgan fingerprint density at radius 2 is 1.77 bits per heavy atom. The Morgan fingerprint density at radius 1 is 1.06 bits per heavy atom. The normalized spacial score (nSPS) is 17.8. The molecule has 31 heavy (non-hydrogen) atoms. The molecule has 0 saturated carbocycles. The van der Waals surface area contributed by atoms with Gasteiger partial charge in [-0.15, -0.1) is 10.2 Å². The predicted octanol–water partition coefficient (Wildman–Crippen LogP) is 3.49. The molecule has 1 aromatic heterocycles. The van der Waals surface area contributed by atoms with Gasteiger partial charge in [-0.25, -0.2) is 0 Å². The van der Waals surface area contributed by atoms with Crippen molar-refractivity contribution < 1.29 is 24.2 Å². The third-order valence-electron chi connectivity index (χ3n) is 5.05. The summed E-state index contributed by atoms with van der Waals surface area (Å²) in [7, 11) is 3.01. The van der Waals surface area contributed by atoms with E-state index in [1.165, 1.54) is 24.6 Å². The highest BCUT2D eigenvalue weighted by atomic mass is 32.1. The minimum Gasteiger partial charge on any atom is -0.507 e. The van der Waals surface area contributed by atoms with E-state index in [-0.39, 0.29) is 16.5 Å². The number of benzene rings is 2. The van der Waals surface area contributed by atoms with Crippen LogP contribution in [0, 0.1) is 6.92 Å². The van der Waals surface area contributed by atoms with Gasteiger partial charge in [-0.2, -0.15) is 0 Å². The van der Waals surface area contributed by atoms with Crippen LogP contribution in [0.3, 0.4) is 0 Å². The number of ketones is 1. The van der Waals surface area contributed by atoms with Crippen molar-refractivity contribution >= 4 is 33.9 Å². The first-order valence-corrected chi connectivity index (χ1v) is 10.2. The Balaban J connectivity index is 1.94. The molecule has 0 bridgehead atoms. The molecule has 1 atom stereocenters. The molecule has 1 fully saturated rings. The maximum atomic E-state index is 13.0. The molecule has 0 unspecified atom stereocenters. The Kier molecular flexibility index (Phi) is 5.43. The van der Waals surface area contributed by atoms with Crippen LogP contribution < -0.4 is 14.4 Å². The number of anilines is 1. The molecule has 0 spiro atoms. The number of methoxy groups -OCH3 is 2. The van der Waals surface area contributed by atoms with E-state index in [4.69, 9.17) is 9.47 Å². The van der Waals surface area contributed by atoms with Gasteiger partial charge in [0.2, 0.25) is 5.13 Å². The summed E-state index contributed by atoms with van der Waals surface area (Å²) < 4.78 is 10.7. The second-order valence-corrected chi connectivity index (χ2v) is 7.68. The zero-order chi connectivity index (χ0) is 22.1. The molecule has 1 N–H and O–H groups in total. The first kappa shape index (κ1) is 20.5. The molecule has 0 radical (unpaired) electrons. The highest BCUT2D eigenvalue weighted by Crippen LogP contribution is 2.44. The average Bonchev–Trinajstić information content (AvgIpc) is 3.40. The van der Waals surface area contributed by atoms with Crippen molar-refractivity contribution in [2.75, 3.05) is 19.1 Å². The van der Waals surface area contributed by atoms with Crippen molar-refractivity contribution in [1.29, 1.82) is 0 Å². The number of aromatic nitrogens is 2. The molecule has 2 aromatic carbocycles. The second-order valence-electron chi connectivity index (χ2n) is 6.87. The smallest absolute Gasteiger partial charge is 0.301 e.